The first kappa shape index (κ1) is 26.7. The number of alkyl halides is 3. The minimum atomic E-state index is -4.12. The summed E-state index contributed by atoms with van der Waals surface area (Å²) in [5.41, 5.74) is 4.13. The molecule has 9 heteroatoms. The highest BCUT2D eigenvalue weighted by atomic mass is 19.4. The lowest BCUT2D eigenvalue weighted by Crippen LogP contribution is -2.42. The molecule has 1 aliphatic carbocycles. The molecule has 2 aliphatic rings. The molecule has 4 rings (SSSR count). The maximum absolute atomic E-state index is 13.2. The molecular weight excluding hydrogens is 469 g/mol. The second-order valence-electron chi connectivity index (χ2n) is 11.8. The van der Waals surface area contributed by atoms with E-state index >= 15 is 0 Å². The summed E-state index contributed by atoms with van der Waals surface area (Å²) < 4.78 is 47.1. The summed E-state index contributed by atoms with van der Waals surface area (Å²) in [6.07, 6.45) is -1.39. The Hall–Kier alpha value is -2.32. The Balaban J connectivity index is 1.67. The molecule has 1 saturated carbocycles. The summed E-state index contributed by atoms with van der Waals surface area (Å²) >= 11 is 0. The van der Waals surface area contributed by atoms with Gasteiger partial charge in [-0.1, -0.05) is 13.8 Å². The number of nitrogens with zero attached hydrogens (tertiary/aromatic N) is 4. The Kier molecular flexibility index (Phi) is 7.32. The number of likely N-dealkylation sites (tertiary alicyclic amines) is 1. The maximum atomic E-state index is 13.2. The summed E-state index contributed by atoms with van der Waals surface area (Å²) in [4.78, 5) is 19.5. The molecular formula is C27H39F3N4O2. The lowest BCUT2D eigenvalue weighted by molar-refractivity contribution is -0.182. The van der Waals surface area contributed by atoms with E-state index < -0.39 is 17.7 Å². The van der Waals surface area contributed by atoms with Crippen LogP contribution in [0.3, 0.4) is 0 Å². The zero-order valence-corrected chi connectivity index (χ0v) is 22.3. The van der Waals surface area contributed by atoms with Crippen LogP contribution in [-0.2, 0) is 4.74 Å². The third-order valence-electron chi connectivity index (χ3n) is 7.53. The lowest BCUT2D eigenvalue weighted by Gasteiger charge is -2.35. The molecule has 0 bridgehead atoms. The standard InChI is InChI=1S/C27H39F3N4O2/c1-16(2)23-17(3)31-22-14-21(18-9-11-20(12-10-18)27(28,29)30)32-34(22)24(23)19-8-7-13-33(15-19)25(35)36-26(4,5)6/h14,16,18-20H,7-13,15H2,1-6H3/t18-,19-,20-/m1/s1. The van der Waals surface area contributed by atoms with Gasteiger partial charge in [0.15, 0.2) is 5.65 Å². The highest BCUT2D eigenvalue weighted by Crippen LogP contribution is 2.43. The molecule has 0 N–H and O–H groups in total. The van der Waals surface area contributed by atoms with Gasteiger partial charge < -0.3 is 9.64 Å². The fourth-order valence-corrected chi connectivity index (χ4v) is 5.89. The van der Waals surface area contributed by atoms with Crippen LogP contribution in [-0.4, -0.2) is 50.5 Å². The van der Waals surface area contributed by atoms with Crippen LogP contribution in [0.25, 0.3) is 5.65 Å². The molecule has 2 aromatic rings. The highest BCUT2D eigenvalue weighted by molar-refractivity contribution is 5.68. The summed E-state index contributed by atoms with van der Waals surface area (Å²) in [7, 11) is 0. The van der Waals surface area contributed by atoms with Gasteiger partial charge in [-0.3, -0.25) is 0 Å². The fraction of sp³-hybridized carbons (Fsp3) is 0.741. The van der Waals surface area contributed by atoms with Crippen molar-refractivity contribution in [3.8, 4) is 0 Å². The van der Waals surface area contributed by atoms with Crippen LogP contribution in [0, 0.1) is 12.8 Å². The van der Waals surface area contributed by atoms with Crippen molar-refractivity contribution >= 4 is 11.7 Å². The summed E-state index contributed by atoms with van der Waals surface area (Å²) in [5.74, 6) is -0.925. The van der Waals surface area contributed by atoms with E-state index in [0.29, 0.717) is 25.9 Å². The van der Waals surface area contributed by atoms with E-state index in [1.54, 1.807) is 4.90 Å². The normalized spacial score (nSPS) is 23.9. The number of aryl methyl sites for hydroxylation is 1. The molecule has 6 nitrogen and oxygen atoms in total. The molecule has 1 aliphatic heterocycles. The van der Waals surface area contributed by atoms with E-state index in [1.807, 2.05) is 38.3 Å². The molecule has 36 heavy (non-hydrogen) atoms. The fourth-order valence-electron chi connectivity index (χ4n) is 5.89. The molecule has 200 valence electrons. The van der Waals surface area contributed by atoms with Gasteiger partial charge in [0.1, 0.15) is 5.60 Å². The SMILES string of the molecule is Cc1nc2cc([C@H]3CC[C@H](C(F)(F)F)CC3)nn2c([C@@H]2CCCN(C(=O)OC(C)(C)C)C2)c1C(C)C. The second kappa shape index (κ2) is 9.86. The number of carbonyl (C=O) groups excluding carboxylic acids is 1. The smallest absolute Gasteiger partial charge is 0.410 e. The number of halogens is 3. The molecule has 1 saturated heterocycles. The first-order chi connectivity index (χ1) is 16.7. The van der Waals surface area contributed by atoms with Gasteiger partial charge in [-0.15, -0.1) is 0 Å². The number of fused-ring (bicyclic) bond motifs is 1. The maximum Gasteiger partial charge on any atom is 0.410 e. The van der Waals surface area contributed by atoms with Crippen LogP contribution < -0.4 is 0 Å². The van der Waals surface area contributed by atoms with Crippen molar-refractivity contribution in [1.29, 1.82) is 0 Å². The minimum absolute atomic E-state index is 0.00516. The lowest BCUT2D eigenvalue weighted by atomic mass is 9.80. The summed E-state index contributed by atoms with van der Waals surface area (Å²) in [5, 5.41) is 4.95. The minimum Gasteiger partial charge on any atom is -0.444 e. The van der Waals surface area contributed by atoms with E-state index in [2.05, 4.69) is 13.8 Å². The van der Waals surface area contributed by atoms with Gasteiger partial charge >= 0.3 is 12.3 Å². The van der Waals surface area contributed by atoms with Gasteiger partial charge in [0, 0.05) is 36.7 Å². The Morgan fingerprint density at radius 1 is 1.08 bits per heavy atom. The van der Waals surface area contributed by atoms with E-state index in [1.165, 1.54) is 0 Å². The Labute approximate surface area is 211 Å². The Morgan fingerprint density at radius 2 is 1.75 bits per heavy atom. The second-order valence-corrected chi connectivity index (χ2v) is 11.8. The van der Waals surface area contributed by atoms with Crippen LogP contribution in [0.5, 0.6) is 0 Å². The van der Waals surface area contributed by atoms with E-state index in [-0.39, 0.29) is 36.7 Å². The molecule has 2 aromatic heterocycles. The molecule has 3 heterocycles. The molecule has 0 aromatic carbocycles. The predicted octanol–water partition coefficient (Wildman–Crippen LogP) is 7.11. The number of carbonyl (C=O) groups is 1. The number of ether oxygens (including phenoxy) is 1. The van der Waals surface area contributed by atoms with E-state index in [9.17, 15) is 18.0 Å². The number of hydrogen-bond acceptors (Lipinski definition) is 4. The number of rotatable bonds is 3. The quantitative estimate of drug-likeness (QED) is 0.443. The Bertz CT molecular complexity index is 1100. The van der Waals surface area contributed by atoms with Gasteiger partial charge in [0.25, 0.3) is 0 Å². The van der Waals surface area contributed by atoms with E-state index in [4.69, 9.17) is 14.8 Å². The van der Waals surface area contributed by atoms with Crippen molar-refractivity contribution in [3.63, 3.8) is 0 Å². The number of aromatic nitrogens is 3. The predicted molar refractivity (Wildman–Crippen MR) is 132 cm³/mol. The van der Waals surface area contributed by atoms with Gasteiger partial charge in [-0.05, 0) is 77.7 Å². The highest BCUT2D eigenvalue weighted by Gasteiger charge is 2.42. The first-order valence-electron chi connectivity index (χ1n) is 13.2. The van der Waals surface area contributed by atoms with Crippen molar-refractivity contribution in [1.82, 2.24) is 19.5 Å². The topological polar surface area (TPSA) is 59.7 Å². The van der Waals surface area contributed by atoms with Crippen molar-refractivity contribution in [2.45, 2.75) is 110 Å². The van der Waals surface area contributed by atoms with Crippen molar-refractivity contribution in [3.05, 3.63) is 28.7 Å². The first-order valence-corrected chi connectivity index (χ1v) is 13.2. The third kappa shape index (κ3) is 5.65. The monoisotopic (exact) mass is 508 g/mol. The zero-order valence-electron chi connectivity index (χ0n) is 22.3. The number of piperidine rings is 1. The summed E-state index contributed by atoms with van der Waals surface area (Å²) in [6, 6.07) is 1.95. The molecule has 2 fully saturated rings. The number of hydrogen-bond donors (Lipinski definition) is 0. The van der Waals surface area contributed by atoms with Gasteiger partial charge in [0.2, 0.25) is 0 Å². The molecule has 0 spiro atoms. The van der Waals surface area contributed by atoms with Crippen molar-refractivity contribution in [2.75, 3.05) is 13.1 Å². The van der Waals surface area contributed by atoms with Crippen molar-refractivity contribution in [2.24, 2.45) is 5.92 Å². The summed E-state index contributed by atoms with van der Waals surface area (Å²) in [6.45, 7) is 13.1. The van der Waals surface area contributed by atoms with Gasteiger partial charge in [-0.25, -0.2) is 14.3 Å². The van der Waals surface area contributed by atoms with Gasteiger partial charge in [0.05, 0.1) is 17.3 Å². The van der Waals surface area contributed by atoms with Crippen molar-refractivity contribution < 1.29 is 22.7 Å². The average Bonchev–Trinajstić information content (AvgIpc) is 3.20. The largest absolute Gasteiger partial charge is 0.444 e. The average molecular weight is 509 g/mol. The Morgan fingerprint density at radius 3 is 2.33 bits per heavy atom. The van der Waals surface area contributed by atoms with Crippen LogP contribution in [0.2, 0.25) is 0 Å². The number of amides is 1. The molecule has 1 amide bonds. The zero-order chi connectivity index (χ0) is 26.4. The van der Waals surface area contributed by atoms with Crippen LogP contribution in [0.15, 0.2) is 6.07 Å². The third-order valence-corrected chi connectivity index (χ3v) is 7.53. The van der Waals surface area contributed by atoms with Crippen LogP contribution in [0.1, 0.15) is 114 Å². The molecule has 0 unspecified atom stereocenters. The molecule has 1 atom stereocenters. The van der Waals surface area contributed by atoms with Gasteiger partial charge in [-0.2, -0.15) is 18.3 Å². The van der Waals surface area contributed by atoms with E-state index in [0.717, 1.165) is 41.1 Å². The molecule has 0 radical (unpaired) electrons. The van der Waals surface area contributed by atoms with Crippen LogP contribution in [0.4, 0.5) is 18.0 Å². The van der Waals surface area contributed by atoms with Crippen LogP contribution >= 0.6 is 0 Å².